The molecular formula is C15H21F2N. The highest BCUT2D eigenvalue weighted by Crippen LogP contribution is 2.35. The first-order chi connectivity index (χ1) is 8.72. The maximum Gasteiger partial charge on any atom is 0.163 e. The van der Waals surface area contributed by atoms with Crippen LogP contribution >= 0.6 is 0 Å². The van der Waals surface area contributed by atoms with Crippen LogP contribution in [0.25, 0.3) is 0 Å². The number of halogens is 2. The molecule has 0 radical (unpaired) electrons. The van der Waals surface area contributed by atoms with Crippen molar-refractivity contribution in [3.8, 4) is 0 Å². The highest BCUT2D eigenvalue weighted by atomic mass is 19.2. The average Bonchev–Trinajstić information content (AvgIpc) is 2.31. The van der Waals surface area contributed by atoms with Crippen molar-refractivity contribution in [1.82, 2.24) is 5.32 Å². The second-order valence-corrected chi connectivity index (χ2v) is 5.18. The van der Waals surface area contributed by atoms with E-state index in [-0.39, 0.29) is 6.04 Å². The second-order valence-electron chi connectivity index (χ2n) is 5.18. The fraction of sp³-hybridized carbons (Fsp3) is 0.600. The lowest BCUT2D eigenvalue weighted by atomic mass is 9.79. The summed E-state index contributed by atoms with van der Waals surface area (Å²) in [6, 6.07) is 4.42. The predicted octanol–water partition coefficient (Wildman–Crippen LogP) is 4.20. The molecule has 0 aliphatic heterocycles. The monoisotopic (exact) mass is 253 g/mol. The van der Waals surface area contributed by atoms with Crippen molar-refractivity contribution in [2.24, 2.45) is 5.92 Å². The SMILES string of the molecule is CCCNC(CC1CCC1)c1cccc(F)c1F. The molecule has 18 heavy (non-hydrogen) atoms. The Hall–Kier alpha value is -0.960. The van der Waals surface area contributed by atoms with E-state index >= 15 is 0 Å². The summed E-state index contributed by atoms with van der Waals surface area (Å²) < 4.78 is 27.1. The largest absolute Gasteiger partial charge is 0.310 e. The van der Waals surface area contributed by atoms with Crippen molar-refractivity contribution in [3.63, 3.8) is 0 Å². The van der Waals surface area contributed by atoms with E-state index in [0.717, 1.165) is 19.4 Å². The first-order valence-electron chi connectivity index (χ1n) is 6.89. The van der Waals surface area contributed by atoms with Crippen LogP contribution in [-0.4, -0.2) is 6.54 Å². The van der Waals surface area contributed by atoms with Crippen LogP contribution in [0.1, 0.15) is 50.6 Å². The van der Waals surface area contributed by atoms with Crippen LogP contribution in [-0.2, 0) is 0 Å². The molecule has 0 aromatic heterocycles. The zero-order valence-corrected chi connectivity index (χ0v) is 10.9. The summed E-state index contributed by atoms with van der Waals surface area (Å²) in [5.41, 5.74) is 0.482. The van der Waals surface area contributed by atoms with Gasteiger partial charge >= 0.3 is 0 Å². The molecule has 0 heterocycles. The van der Waals surface area contributed by atoms with Crippen molar-refractivity contribution < 1.29 is 8.78 Å². The molecule has 0 amide bonds. The van der Waals surface area contributed by atoms with Crippen LogP contribution in [0.15, 0.2) is 18.2 Å². The number of benzene rings is 1. The third-order valence-electron chi connectivity index (χ3n) is 3.79. The highest BCUT2D eigenvalue weighted by Gasteiger charge is 2.25. The average molecular weight is 253 g/mol. The van der Waals surface area contributed by atoms with Gasteiger partial charge in [0.15, 0.2) is 11.6 Å². The molecule has 1 aromatic rings. The Morgan fingerprint density at radius 3 is 2.72 bits per heavy atom. The first kappa shape index (κ1) is 13.5. The van der Waals surface area contributed by atoms with Gasteiger partial charge in [-0.15, -0.1) is 0 Å². The van der Waals surface area contributed by atoms with E-state index < -0.39 is 11.6 Å². The summed E-state index contributed by atoms with van der Waals surface area (Å²) in [7, 11) is 0. The van der Waals surface area contributed by atoms with Crippen LogP contribution in [0.3, 0.4) is 0 Å². The zero-order chi connectivity index (χ0) is 13.0. The van der Waals surface area contributed by atoms with Crippen molar-refractivity contribution in [2.75, 3.05) is 6.54 Å². The van der Waals surface area contributed by atoms with Gasteiger partial charge in [0.1, 0.15) is 0 Å². The zero-order valence-electron chi connectivity index (χ0n) is 10.9. The van der Waals surface area contributed by atoms with E-state index in [2.05, 4.69) is 12.2 Å². The van der Waals surface area contributed by atoms with Gasteiger partial charge in [0.25, 0.3) is 0 Å². The van der Waals surface area contributed by atoms with Crippen LogP contribution in [0.2, 0.25) is 0 Å². The summed E-state index contributed by atoms with van der Waals surface area (Å²) in [6.45, 7) is 2.92. The molecule has 0 bridgehead atoms. The Bertz CT molecular complexity index is 388. The third-order valence-corrected chi connectivity index (χ3v) is 3.79. The molecule has 1 nitrogen and oxygen atoms in total. The minimum atomic E-state index is -0.746. The van der Waals surface area contributed by atoms with Gasteiger partial charge in [-0.3, -0.25) is 0 Å². The van der Waals surface area contributed by atoms with Gasteiger partial charge in [0.2, 0.25) is 0 Å². The predicted molar refractivity (Wildman–Crippen MR) is 69.4 cm³/mol. The van der Waals surface area contributed by atoms with Gasteiger partial charge in [-0.25, -0.2) is 8.78 Å². The van der Waals surface area contributed by atoms with Gasteiger partial charge in [0, 0.05) is 11.6 Å². The van der Waals surface area contributed by atoms with Gasteiger partial charge in [-0.05, 0) is 31.4 Å². The van der Waals surface area contributed by atoms with Crippen LogP contribution in [0.4, 0.5) is 8.78 Å². The van der Waals surface area contributed by atoms with Crippen molar-refractivity contribution in [3.05, 3.63) is 35.4 Å². The van der Waals surface area contributed by atoms with Crippen LogP contribution in [0, 0.1) is 17.6 Å². The summed E-state index contributed by atoms with van der Waals surface area (Å²) >= 11 is 0. The van der Waals surface area contributed by atoms with E-state index in [4.69, 9.17) is 0 Å². The van der Waals surface area contributed by atoms with Crippen molar-refractivity contribution in [1.29, 1.82) is 0 Å². The normalized spacial score (nSPS) is 17.5. The molecule has 1 aliphatic rings. The molecule has 0 saturated heterocycles. The molecule has 100 valence electrons. The number of nitrogens with one attached hydrogen (secondary N) is 1. The quantitative estimate of drug-likeness (QED) is 0.801. The Balaban J connectivity index is 2.12. The number of hydrogen-bond donors (Lipinski definition) is 1. The standard InChI is InChI=1S/C15H21F2N/c1-2-9-18-14(10-11-5-3-6-11)12-7-4-8-13(16)15(12)17/h4,7-8,11,14,18H,2-3,5-6,9-10H2,1H3. The van der Waals surface area contributed by atoms with Crippen molar-refractivity contribution in [2.45, 2.75) is 45.1 Å². The Kier molecular flexibility index (Phi) is 4.70. The maximum atomic E-state index is 13.8. The van der Waals surface area contributed by atoms with Gasteiger partial charge in [-0.2, -0.15) is 0 Å². The number of rotatable bonds is 6. The molecule has 1 N–H and O–H groups in total. The summed E-state index contributed by atoms with van der Waals surface area (Å²) in [5.74, 6) is -0.767. The topological polar surface area (TPSA) is 12.0 Å². The fourth-order valence-corrected chi connectivity index (χ4v) is 2.49. The lowest BCUT2D eigenvalue weighted by molar-refractivity contribution is 0.258. The molecule has 0 spiro atoms. The second kappa shape index (κ2) is 6.28. The van der Waals surface area contributed by atoms with Gasteiger partial charge in [-0.1, -0.05) is 38.3 Å². The molecule has 1 atom stereocenters. The highest BCUT2D eigenvalue weighted by molar-refractivity contribution is 5.22. The summed E-state index contributed by atoms with van der Waals surface area (Å²) in [5, 5.41) is 3.35. The van der Waals surface area contributed by atoms with Gasteiger partial charge in [0.05, 0.1) is 0 Å². The lowest BCUT2D eigenvalue weighted by Gasteiger charge is -2.30. The molecule has 3 heteroatoms. The Morgan fingerprint density at radius 1 is 1.33 bits per heavy atom. The van der Waals surface area contributed by atoms with Gasteiger partial charge < -0.3 is 5.32 Å². The Labute approximate surface area is 108 Å². The Morgan fingerprint density at radius 2 is 2.11 bits per heavy atom. The molecule has 1 fully saturated rings. The van der Waals surface area contributed by atoms with E-state index in [0.29, 0.717) is 11.5 Å². The molecule has 1 unspecified atom stereocenters. The van der Waals surface area contributed by atoms with Crippen LogP contribution < -0.4 is 5.32 Å². The molecule has 1 aromatic carbocycles. The molecule has 1 aliphatic carbocycles. The first-order valence-corrected chi connectivity index (χ1v) is 6.89. The number of hydrogen-bond acceptors (Lipinski definition) is 1. The third kappa shape index (κ3) is 3.08. The minimum Gasteiger partial charge on any atom is -0.310 e. The summed E-state index contributed by atoms with van der Waals surface area (Å²) in [6.07, 6.45) is 5.64. The van der Waals surface area contributed by atoms with E-state index in [1.807, 2.05) is 0 Å². The molecule has 1 saturated carbocycles. The molecule has 2 rings (SSSR count). The van der Waals surface area contributed by atoms with Crippen LogP contribution in [0.5, 0.6) is 0 Å². The minimum absolute atomic E-state index is 0.0500. The maximum absolute atomic E-state index is 13.8. The van der Waals surface area contributed by atoms with E-state index in [1.165, 1.54) is 25.3 Å². The smallest absolute Gasteiger partial charge is 0.163 e. The van der Waals surface area contributed by atoms with E-state index in [1.54, 1.807) is 12.1 Å². The van der Waals surface area contributed by atoms with E-state index in [9.17, 15) is 8.78 Å². The summed E-state index contributed by atoms with van der Waals surface area (Å²) in [4.78, 5) is 0. The lowest BCUT2D eigenvalue weighted by Crippen LogP contribution is -2.27. The molecular weight excluding hydrogens is 232 g/mol. The van der Waals surface area contributed by atoms with Crippen molar-refractivity contribution >= 4 is 0 Å². The fourth-order valence-electron chi connectivity index (χ4n) is 2.49.